The minimum absolute atomic E-state index is 0.00192. The number of ketones is 1. The van der Waals surface area contributed by atoms with Crippen molar-refractivity contribution in [3.05, 3.63) is 60.2 Å². The highest BCUT2D eigenvalue weighted by Gasteiger charge is 2.17. The minimum Gasteiger partial charge on any atom is -0.481 e. The first-order valence-electron chi connectivity index (χ1n) is 9.49. The van der Waals surface area contributed by atoms with Crippen LogP contribution in [0.25, 0.3) is 0 Å². The van der Waals surface area contributed by atoms with Crippen LogP contribution in [-0.4, -0.2) is 43.5 Å². The first-order valence-corrected chi connectivity index (χ1v) is 11.4. The molecule has 0 saturated heterocycles. The summed E-state index contributed by atoms with van der Waals surface area (Å²) in [5.74, 6) is 0.128. The van der Waals surface area contributed by atoms with Crippen LogP contribution in [0.2, 0.25) is 0 Å². The van der Waals surface area contributed by atoms with E-state index < -0.39 is 10.0 Å². The van der Waals surface area contributed by atoms with Gasteiger partial charge in [0, 0.05) is 23.0 Å². The highest BCUT2D eigenvalue weighted by Crippen LogP contribution is 2.21. The lowest BCUT2D eigenvalue weighted by atomic mass is 10.1. The molecule has 0 aliphatic heterocycles. The fourth-order valence-electron chi connectivity index (χ4n) is 2.65. The molecule has 10 nitrogen and oxygen atoms in total. The molecule has 0 spiro atoms. The number of sulfonamides is 1. The van der Waals surface area contributed by atoms with Gasteiger partial charge in [0.25, 0.3) is 10.0 Å². The van der Waals surface area contributed by atoms with E-state index in [1.807, 2.05) is 0 Å². The molecule has 0 aliphatic carbocycles. The van der Waals surface area contributed by atoms with Gasteiger partial charge in [0.15, 0.2) is 16.7 Å². The van der Waals surface area contributed by atoms with Gasteiger partial charge in [0.1, 0.15) is 0 Å². The van der Waals surface area contributed by atoms with Gasteiger partial charge in [-0.25, -0.2) is 8.42 Å². The predicted molar refractivity (Wildman–Crippen MR) is 129 cm³/mol. The number of aromatic nitrogens is 2. The summed E-state index contributed by atoms with van der Waals surface area (Å²) < 4.78 is 37.8. The third-order valence-corrected chi connectivity index (χ3v) is 5.86. The molecule has 0 fully saturated rings. The summed E-state index contributed by atoms with van der Waals surface area (Å²) in [6, 6.07) is 14.2. The van der Waals surface area contributed by atoms with E-state index in [1.54, 1.807) is 36.4 Å². The van der Waals surface area contributed by atoms with E-state index in [0.29, 0.717) is 22.1 Å². The minimum atomic E-state index is -3.92. The summed E-state index contributed by atoms with van der Waals surface area (Å²) in [5.41, 5.74) is 1.89. The molecule has 3 rings (SSSR count). The van der Waals surface area contributed by atoms with Crippen LogP contribution in [0.3, 0.4) is 0 Å². The Balaban J connectivity index is 1.66. The maximum atomic E-state index is 12.7. The smallest absolute Gasteiger partial charge is 0.321 e. The number of rotatable bonds is 8. The van der Waals surface area contributed by atoms with Gasteiger partial charge >= 0.3 is 6.01 Å². The van der Waals surface area contributed by atoms with Gasteiger partial charge < -0.3 is 20.1 Å². The van der Waals surface area contributed by atoms with E-state index in [2.05, 4.69) is 25.3 Å². The fraction of sp³-hybridized carbons (Fsp3) is 0.143. The van der Waals surface area contributed by atoms with E-state index >= 15 is 0 Å². The molecule has 1 heterocycles. The van der Waals surface area contributed by atoms with Gasteiger partial charge in [-0.1, -0.05) is 0 Å². The van der Waals surface area contributed by atoms with Gasteiger partial charge in [-0.05, 0) is 67.7 Å². The monoisotopic (exact) mass is 487 g/mol. The first-order chi connectivity index (χ1) is 15.7. The van der Waals surface area contributed by atoms with Crippen molar-refractivity contribution in [3.63, 3.8) is 0 Å². The Hall–Kier alpha value is -3.77. The van der Waals surface area contributed by atoms with Crippen molar-refractivity contribution in [3.8, 4) is 11.9 Å². The highest BCUT2D eigenvalue weighted by molar-refractivity contribution is 7.92. The Kier molecular flexibility index (Phi) is 7.41. The molecule has 0 bridgehead atoms. The number of carbonyl (C=O) groups excluding carboxylic acids is 1. The van der Waals surface area contributed by atoms with Crippen LogP contribution in [0.5, 0.6) is 11.9 Å². The van der Waals surface area contributed by atoms with Crippen LogP contribution in [0, 0.1) is 0 Å². The number of hydrogen-bond donors (Lipinski definition) is 3. The normalized spacial score (nSPS) is 10.8. The Labute approximate surface area is 196 Å². The van der Waals surface area contributed by atoms with Crippen LogP contribution in [0.1, 0.15) is 17.3 Å². The molecule has 0 radical (unpaired) electrons. The fourth-order valence-corrected chi connectivity index (χ4v) is 3.88. The van der Waals surface area contributed by atoms with E-state index in [9.17, 15) is 13.2 Å². The molecule has 0 aliphatic rings. The summed E-state index contributed by atoms with van der Waals surface area (Å²) in [7, 11) is -1.17. The number of ether oxygens (including phenoxy) is 2. The molecular formula is C21H21N5O5S2. The lowest BCUT2D eigenvalue weighted by Gasteiger charge is -2.12. The van der Waals surface area contributed by atoms with Crippen molar-refractivity contribution < 1.29 is 22.7 Å². The molecule has 33 heavy (non-hydrogen) atoms. The van der Waals surface area contributed by atoms with Gasteiger partial charge in [0.2, 0.25) is 5.88 Å². The highest BCUT2D eigenvalue weighted by atomic mass is 32.2. The summed E-state index contributed by atoms with van der Waals surface area (Å²) in [6.45, 7) is 1.50. The molecular weight excluding hydrogens is 466 g/mol. The van der Waals surface area contributed by atoms with E-state index in [4.69, 9.17) is 21.7 Å². The van der Waals surface area contributed by atoms with Gasteiger partial charge in [-0.2, -0.15) is 9.97 Å². The molecule has 12 heteroatoms. The third kappa shape index (κ3) is 6.37. The van der Waals surface area contributed by atoms with Gasteiger partial charge in [-0.15, -0.1) is 0 Å². The number of nitrogens with one attached hydrogen (secondary N) is 3. The second-order valence-electron chi connectivity index (χ2n) is 6.62. The van der Waals surface area contributed by atoms with Gasteiger partial charge in [0.05, 0.1) is 19.1 Å². The zero-order valence-electron chi connectivity index (χ0n) is 17.9. The SMILES string of the molecule is COc1cc(NS(=O)(=O)c2ccc(NC(=S)Nc3ccc(C(C)=O)cc3)cc2)nc(OC)n1. The number of Topliss-reactive ketones (excluding diaryl/α,β-unsaturated/α-hetero) is 1. The zero-order valence-corrected chi connectivity index (χ0v) is 19.6. The van der Waals surface area contributed by atoms with Crippen LogP contribution in [0.4, 0.5) is 17.2 Å². The standard InChI is InChI=1S/C21H21N5O5S2/c1-13(27)14-4-6-15(7-5-14)22-21(32)23-16-8-10-17(11-9-16)33(28,29)26-18-12-19(30-2)25-20(24-18)31-3/h4-12H,1-3H3,(H2,22,23,32)(H,24,25,26). The maximum Gasteiger partial charge on any atom is 0.321 e. The Morgan fingerprint density at radius 1 is 0.909 bits per heavy atom. The van der Waals surface area contributed by atoms with Crippen molar-refractivity contribution in [2.45, 2.75) is 11.8 Å². The van der Waals surface area contributed by atoms with E-state index in [-0.39, 0.29) is 28.4 Å². The Morgan fingerprint density at radius 3 is 2.00 bits per heavy atom. The average molecular weight is 488 g/mol. The summed E-state index contributed by atoms with van der Waals surface area (Å²) >= 11 is 5.29. The zero-order chi connectivity index (χ0) is 24.0. The Morgan fingerprint density at radius 2 is 1.48 bits per heavy atom. The molecule has 0 unspecified atom stereocenters. The van der Waals surface area contributed by atoms with E-state index in [1.165, 1.54) is 39.3 Å². The van der Waals surface area contributed by atoms with Crippen LogP contribution >= 0.6 is 12.2 Å². The number of hydrogen-bond acceptors (Lipinski definition) is 8. The van der Waals surface area contributed by atoms with E-state index in [0.717, 1.165) is 0 Å². The molecule has 0 saturated carbocycles. The number of nitrogens with zero attached hydrogens (tertiary/aromatic N) is 2. The second kappa shape index (κ2) is 10.2. The number of anilines is 3. The van der Waals surface area contributed by atoms with Gasteiger partial charge in [-0.3, -0.25) is 9.52 Å². The maximum absolute atomic E-state index is 12.7. The topological polar surface area (TPSA) is 132 Å². The molecule has 3 aromatic rings. The lowest BCUT2D eigenvalue weighted by molar-refractivity contribution is 0.101. The van der Waals surface area contributed by atoms with Crippen LogP contribution in [-0.2, 0) is 10.0 Å². The second-order valence-corrected chi connectivity index (χ2v) is 8.72. The van der Waals surface area contributed by atoms with Crippen molar-refractivity contribution in [1.29, 1.82) is 0 Å². The predicted octanol–water partition coefficient (Wildman–Crippen LogP) is 3.31. The number of methoxy groups -OCH3 is 2. The lowest BCUT2D eigenvalue weighted by Crippen LogP contribution is -2.19. The molecule has 2 aromatic carbocycles. The van der Waals surface area contributed by atoms with Crippen molar-refractivity contribution in [2.75, 3.05) is 29.6 Å². The summed E-state index contributed by atoms with van der Waals surface area (Å²) in [4.78, 5) is 19.3. The van der Waals surface area contributed by atoms with Crippen molar-refractivity contribution in [1.82, 2.24) is 9.97 Å². The summed E-state index contributed by atoms with van der Waals surface area (Å²) in [5, 5.41) is 6.27. The molecule has 1 aromatic heterocycles. The molecule has 3 N–H and O–H groups in total. The average Bonchev–Trinajstić information content (AvgIpc) is 2.79. The molecule has 0 amide bonds. The molecule has 172 valence electrons. The number of thiocarbonyl (C=S) groups is 1. The number of carbonyl (C=O) groups is 1. The van der Waals surface area contributed by atoms with Crippen LogP contribution < -0.4 is 24.8 Å². The summed E-state index contributed by atoms with van der Waals surface area (Å²) in [6.07, 6.45) is 0. The largest absolute Gasteiger partial charge is 0.481 e. The Bertz CT molecular complexity index is 1240. The molecule has 0 atom stereocenters. The van der Waals surface area contributed by atoms with Crippen molar-refractivity contribution >= 4 is 50.3 Å². The quantitative estimate of drug-likeness (QED) is 0.321. The number of benzene rings is 2. The van der Waals surface area contributed by atoms with Crippen LogP contribution in [0.15, 0.2) is 59.5 Å². The third-order valence-electron chi connectivity index (χ3n) is 4.28. The van der Waals surface area contributed by atoms with Crippen molar-refractivity contribution in [2.24, 2.45) is 0 Å². The first kappa shape index (κ1) is 23.9.